The van der Waals surface area contributed by atoms with Gasteiger partial charge in [0.05, 0.1) is 17.6 Å². The Kier molecular flexibility index (Phi) is 5.57. The number of rotatable bonds is 4. The SMILES string of the molecule is COc1cc(/C=C2/SC(=O)NC2=O)ccc1Oc1ccc(Cl)cc1C(F)(F)F. The lowest BCUT2D eigenvalue weighted by Crippen LogP contribution is -2.17. The van der Waals surface area contributed by atoms with E-state index in [0.717, 1.165) is 23.9 Å². The molecule has 5 nitrogen and oxygen atoms in total. The average molecular weight is 430 g/mol. The number of imide groups is 1. The summed E-state index contributed by atoms with van der Waals surface area (Å²) in [4.78, 5) is 23.0. The Hall–Kier alpha value is -2.65. The van der Waals surface area contributed by atoms with E-state index >= 15 is 0 Å². The molecule has 1 aliphatic heterocycles. The van der Waals surface area contributed by atoms with Crippen LogP contribution >= 0.6 is 23.4 Å². The van der Waals surface area contributed by atoms with Crippen LogP contribution in [-0.2, 0) is 11.0 Å². The molecular weight excluding hydrogens is 419 g/mol. The molecule has 1 fully saturated rings. The highest BCUT2D eigenvalue weighted by molar-refractivity contribution is 8.18. The van der Waals surface area contributed by atoms with Crippen LogP contribution in [0, 0.1) is 0 Å². The highest BCUT2D eigenvalue weighted by Crippen LogP contribution is 2.41. The first kappa shape index (κ1) is 20.1. The number of hydrogen-bond donors (Lipinski definition) is 1. The van der Waals surface area contributed by atoms with Crippen molar-refractivity contribution in [2.24, 2.45) is 0 Å². The minimum atomic E-state index is -4.66. The predicted octanol–water partition coefficient (Wildman–Crippen LogP) is 5.48. The van der Waals surface area contributed by atoms with Crippen LogP contribution in [0.2, 0.25) is 5.02 Å². The zero-order valence-corrected chi connectivity index (χ0v) is 15.7. The van der Waals surface area contributed by atoms with Gasteiger partial charge < -0.3 is 9.47 Å². The average Bonchev–Trinajstić information content (AvgIpc) is 2.93. The van der Waals surface area contributed by atoms with Gasteiger partial charge in [-0.25, -0.2) is 0 Å². The fourth-order valence-corrected chi connectivity index (χ4v) is 3.22. The van der Waals surface area contributed by atoms with Crippen LogP contribution in [-0.4, -0.2) is 18.3 Å². The largest absolute Gasteiger partial charge is 0.493 e. The first-order valence-electron chi connectivity index (χ1n) is 7.65. The van der Waals surface area contributed by atoms with E-state index < -0.39 is 28.6 Å². The maximum absolute atomic E-state index is 13.2. The lowest BCUT2D eigenvalue weighted by atomic mass is 10.1. The Balaban J connectivity index is 1.94. The van der Waals surface area contributed by atoms with Crippen molar-refractivity contribution >= 4 is 40.6 Å². The molecule has 0 radical (unpaired) electrons. The second-order valence-corrected chi connectivity index (χ2v) is 6.95. The number of benzene rings is 2. The van der Waals surface area contributed by atoms with Gasteiger partial charge in [-0.2, -0.15) is 13.2 Å². The molecule has 0 aromatic heterocycles. The maximum Gasteiger partial charge on any atom is 0.420 e. The lowest BCUT2D eigenvalue weighted by Gasteiger charge is -2.16. The van der Waals surface area contributed by atoms with Crippen molar-refractivity contribution in [3.63, 3.8) is 0 Å². The molecule has 1 heterocycles. The molecule has 3 rings (SSSR count). The number of nitrogens with one attached hydrogen (secondary N) is 1. The minimum absolute atomic E-state index is 0.0390. The summed E-state index contributed by atoms with van der Waals surface area (Å²) in [7, 11) is 1.33. The second kappa shape index (κ2) is 7.76. The summed E-state index contributed by atoms with van der Waals surface area (Å²) in [5.41, 5.74) is -0.519. The second-order valence-electron chi connectivity index (χ2n) is 5.50. The monoisotopic (exact) mass is 429 g/mol. The van der Waals surface area contributed by atoms with Crippen LogP contribution < -0.4 is 14.8 Å². The summed E-state index contributed by atoms with van der Waals surface area (Å²) in [6, 6.07) is 7.57. The Labute approximate surface area is 166 Å². The van der Waals surface area contributed by atoms with Crippen molar-refractivity contribution in [3.05, 3.63) is 57.5 Å². The fourth-order valence-electron chi connectivity index (χ4n) is 2.36. The molecule has 0 aliphatic carbocycles. The summed E-state index contributed by atoms with van der Waals surface area (Å²) >= 11 is 6.41. The van der Waals surface area contributed by atoms with Gasteiger partial charge >= 0.3 is 6.18 Å². The topological polar surface area (TPSA) is 64.6 Å². The highest BCUT2D eigenvalue weighted by atomic mass is 35.5. The molecule has 28 heavy (non-hydrogen) atoms. The first-order valence-corrected chi connectivity index (χ1v) is 8.84. The van der Waals surface area contributed by atoms with Gasteiger partial charge in [-0.05, 0) is 53.7 Å². The zero-order valence-electron chi connectivity index (χ0n) is 14.1. The summed E-state index contributed by atoms with van der Waals surface area (Å²) in [5, 5.41) is 1.57. The number of ether oxygens (including phenoxy) is 2. The number of carbonyl (C=O) groups excluding carboxylic acids is 2. The number of halogens is 4. The summed E-state index contributed by atoms with van der Waals surface area (Å²) in [5.74, 6) is -0.771. The van der Waals surface area contributed by atoms with Crippen molar-refractivity contribution in [1.82, 2.24) is 5.32 Å². The summed E-state index contributed by atoms with van der Waals surface area (Å²) in [6.45, 7) is 0. The van der Waals surface area contributed by atoms with Gasteiger partial charge in [0, 0.05) is 5.02 Å². The molecule has 2 aromatic carbocycles. The third-order valence-corrected chi connectivity index (χ3v) is 4.64. The van der Waals surface area contributed by atoms with E-state index in [4.69, 9.17) is 21.1 Å². The number of thioether (sulfide) groups is 1. The van der Waals surface area contributed by atoms with Crippen LogP contribution in [0.25, 0.3) is 6.08 Å². The van der Waals surface area contributed by atoms with Crippen LogP contribution in [0.15, 0.2) is 41.3 Å². The third-order valence-electron chi connectivity index (χ3n) is 3.59. The number of amides is 2. The molecule has 0 saturated carbocycles. The molecule has 1 saturated heterocycles. The van der Waals surface area contributed by atoms with E-state index in [0.29, 0.717) is 5.56 Å². The van der Waals surface area contributed by atoms with Crippen LogP contribution in [0.3, 0.4) is 0 Å². The van der Waals surface area contributed by atoms with Crippen LogP contribution in [0.1, 0.15) is 11.1 Å². The Bertz CT molecular complexity index is 991. The highest BCUT2D eigenvalue weighted by Gasteiger charge is 2.35. The normalized spacial score (nSPS) is 15.7. The quantitative estimate of drug-likeness (QED) is 0.652. The van der Waals surface area contributed by atoms with Crippen molar-refractivity contribution < 1.29 is 32.2 Å². The molecular formula is C18H11ClF3NO4S. The number of alkyl halides is 3. The number of methoxy groups -OCH3 is 1. The molecule has 0 unspecified atom stereocenters. The first-order chi connectivity index (χ1) is 13.2. The molecule has 1 aliphatic rings. The maximum atomic E-state index is 13.2. The van der Waals surface area contributed by atoms with E-state index in [1.54, 1.807) is 0 Å². The van der Waals surface area contributed by atoms with Gasteiger partial charge in [-0.15, -0.1) is 0 Å². The molecule has 10 heteroatoms. The Morgan fingerprint density at radius 1 is 1.07 bits per heavy atom. The molecule has 1 N–H and O–H groups in total. The standard InChI is InChI=1S/C18H11ClF3NO4S/c1-26-14-6-9(7-15-16(24)23-17(25)28-15)2-4-13(14)27-12-5-3-10(19)8-11(12)18(20,21)22/h2-8H,1H3,(H,23,24,25)/b15-7+. The van der Waals surface area contributed by atoms with Gasteiger partial charge in [0.25, 0.3) is 11.1 Å². The molecule has 0 spiro atoms. The van der Waals surface area contributed by atoms with Crippen molar-refractivity contribution in [2.75, 3.05) is 7.11 Å². The zero-order chi connectivity index (χ0) is 20.5. The van der Waals surface area contributed by atoms with Crippen molar-refractivity contribution in [3.8, 4) is 17.2 Å². The Morgan fingerprint density at radius 2 is 1.79 bits per heavy atom. The number of hydrogen-bond acceptors (Lipinski definition) is 5. The summed E-state index contributed by atoms with van der Waals surface area (Å²) in [6.07, 6.45) is -3.20. The van der Waals surface area contributed by atoms with Gasteiger partial charge in [-0.1, -0.05) is 17.7 Å². The van der Waals surface area contributed by atoms with E-state index in [2.05, 4.69) is 5.32 Å². The number of carbonyl (C=O) groups is 2. The minimum Gasteiger partial charge on any atom is -0.493 e. The molecule has 2 amide bonds. The molecule has 0 atom stereocenters. The molecule has 146 valence electrons. The van der Waals surface area contributed by atoms with Crippen LogP contribution in [0.5, 0.6) is 17.2 Å². The predicted molar refractivity (Wildman–Crippen MR) is 98.6 cm³/mol. The van der Waals surface area contributed by atoms with Gasteiger partial charge in [0.15, 0.2) is 11.5 Å². The van der Waals surface area contributed by atoms with Gasteiger partial charge in [0.2, 0.25) is 0 Å². The van der Waals surface area contributed by atoms with E-state index in [9.17, 15) is 22.8 Å². The fraction of sp³-hybridized carbons (Fsp3) is 0.111. The van der Waals surface area contributed by atoms with Crippen molar-refractivity contribution in [2.45, 2.75) is 6.18 Å². The smallest absolute Gasteiger partial charge is 0.420 e. The molecule has 2 aromatic rings. The van der Waals surface area contributed by atoms with Gasteiger partial charge in [-0.3, -0.25) is 14.9 Å². The van der Waals surface area contributed by atoms with Crippen molar-refractivity contribution in [1.29, 1.82) is 0 Å². The van der Waals surface area contributed by atoms with E-state index in [-0.39, 0.29) is 21.4 Å². The third kappa shape index (κ3) is 4.42. The molecule has 0 bridgehead atoms. The van der Waals surface area contributed by atoms with Gasteiger partial charge in [0.1, 0.15) is 5.75 Å². The Morgan fingerprint density at radius 3 is 2.39 bits per heavy atom. The lowest BCUT2D eigenvalue weighted by molar-refractivity contribution is -0.138. The summed E-state index contributed by atoms with van der Waals surface area (Å²) < 4.78 is 50.3. The van der Waals surface area contributed by atoms with Crippen LogP contribution in [0.4, 0.5) is 18.0 Å². The van der Waals surface area contributed by atoms with E-state index in [1.165, 1.54) is 37.5 Å². The van der Waals surface area contributed by atoms with E-state index in [1.807, 2.05) is 0 Å².